The van der Waals surface area contributed by atoms with Gasteiger partial charge < -0.3 is 9.64 Å². The highest BCUT2D eigenvalue weighted by molar-refractivity contribution is 5.68. The largest absolute Gasteiger partial charge is 0.444 e. The van der Waals surface area contributed by atoms with Crippen LogP contribution >= 0.6 is 0 Å². The molecular formula is C15H28N2O2. The summed E-state index contributed by atoms with van der Waals surface area (Å²) in [7, 11) is 0. The number of nitrogens with zero attached hydrogens (tertiary/aromatic N) is 2. The van der Waals surface area contributed by atoms with Gasteiger partial charge in [0.1, 0.15) is 5.60 Å². The minimum atomic E-state index is -0.404. The summed E-state index contributed by atoms with van der Waals surface area (Å²) in [6, 6.07) is 0. The monoisotopic (exact) mass is 268 g/mol. The minimum absolute atomic E-state index is 0.144. The van der Waals surface area contributed by atoms with Crippen molar-refractivity contribution in [3.63, 3.8) is 0 Å². The highest BCUT2D eigenvalue weighted by atomic mass is 16.6. The number of amides is 1. The number of likely N-dealkylation sites (tertiary alicyclic amines) is 2. The van der Waals surface area contributed by atoms with E-state index in [9.17, 15) is 4.79 Å². The van der Waals surface area contributed by atoms with Gasteiger partial charge in [0, 0.05) is 18.6 Å². The fourth-order valence-corrected chi connectivity index (χ4v) is 3.22. The third-order valence-electron chi connectivity index (χ3n) is 4.20. The van der Waals surface area contributed by atoms with Crippen molar-refractivity contribution in [1.29, 1.82) is 0 Å². The number of piperidine rings is 1. The van der Waals surface area contributed by atoms with Crippen molar-refractivity contribution in [3.05, 3.63) is 0 Å². The van der Waals surface area contributed by atoms with E-state index in [0.717, 1.165) is 19.5 Å². The molecule has 2 fully saturated rings. The van der Waals surface area contributed by atoms with Crippen LogP contribution < -0.4 is 0 Å². The zero-order chi connectivity index (χ0) is 14.1. The van der Waals surface area contributed by atoms with Gasteiger partial charge in [-0.3, -0.25) is 4.90 Å². The Kier molecular flexibility index (Phi) is 4.09. The van der Waals surface area contributed by atoms with Crippen LogP contribution in [0.5, 0.6) is 0 Å². The summed E-state index contributed by atoms with van der Waals surface area (Å²) < 4.78 is 5.50. The van der Waals surface area contributed by atoms with Crippen LogP contribution in [0.4, 0.5) is 4.79 Å². The quantitative estimate of drug-likeness (QED) is 0.733. The first kappa shape index (κ1) is 14.6. The molecule has 0 aliphatic carbocycles. The Balaban J connectivity index is 1.98. The number of hydrogen-bond acceptors (Lipinski definition) is 3. The summed E-state index contributed by atoms with van der Waals surface area (Å²) in [5.41, 5.74) is -0.260. The standard InChI is InChI=1S/C15H28N2O2/c1-14(2,3)19-13(18)16-9-7-8-15(4,12-16)17-10-5-6-11-17/h5-12H2,1-4H3. The Morgan fingerprint density at radius 3 is 2.32 bits per heavy atom. The molecule has 2 saturated heterocycles. The fourth-order valence-electron chi connectivity index (χ4n) is 3.22. The van der Waals surface area contributed by atoms with Crippen LogP contribution in [0.15, 0.2) is 0 Å². The first-order valence-corrected chi connectivity index (χ1v) is 7.53. The molecule has 2 aliphatic rings. The van der Waals surface area contributed by atoms with Gasteiger partial charge in [-0.2, -0.15) is 0 Å². The van der Waals surface area contributed by atoms with Gasteiger partial charge in [-0.1, -0.05) is 0 Å². The molecule has 2 heterocycles. The van der Waals surface area contributed by atoms with Gasteiger partial charge in [0.15, 0.2) is 0 Å². The maximum atomic E-state index is 12.2. The molecule has 0 N–H and O–H groups in total. The van der Waals surface area contributed by atoms with Gasteiger partial charge in [0.2, 0.25) is 0 Å². The SMILES string of the molecule is CC(C)(C)OC(=O)N1CCCC(C)(N2CCCC2)C1. The van der Waals surface area contributed by atoms with Crippen LogP contribution in [-0.2, 0) is 4.74 Å². The first-order valence-electron chi connectivity index (χ1n) is 7.53. The van der Waals surface area contributed by atoms with Crippen LogP contribution in [0.25, 0.3) is 0 Å². The molecule has 1 amide bonds. The van der Waals surface area contributed by atoms with Gasteiger partial charge in [0.05, 0.1) is 0 Å². The van der Waals surface area contributed by atoms with E-state index in [2.05, 4.69) is 11.8 Å². The third-order valence-corrected chi connectivity index (χ3v) is 4.20. The van der Waals surface area contributed by atoms with Crippen molar-refractivity contribution in [3.8, 4) is 0 Å². The van der Waals surface area contributed by atoms with Crippen LogP contribution in [0.2, 0.25) is 0 Å². The van der Waals surface area contributed by atoms with Gasteiger partial charge in [-0.25, -0.2) is 4.79 Å². The van der Waals surface area contributed by atoms with E-state index in [-0.39, 0.29) is 11.6 Å². The van der Waals surface area contributed by atoms with Crippen LogP contribution in [0.1, 0.15) is 53.4 Å². The molecule has 19 heavy (non-hydrogen) atoms. The highest BCUT2D eigenvalue weighted by Gasteiger charge is 2.39. The summed E-state index contributed by atoms with van der Waals surface area (Å²) in [4.78, 5) is 16.7. The van der Waals surface area contributed by atoms with Gasteiger partial charge in [0.25, 0.3) is 0 Å². The first-order chi connectivity index (χ1) is 8.80. The maximum absolute atomic E-state index is 12.2. The average molecular weight is 268 g/mol. The Bertz CT molecular complexity index is 332. The molecule has 0 spiro atoms. The van der Waals surface area contributed by atoms with Crippen LogP contribution in [0.3, 0.4) is 0 Å². The van der Waals surface area contributed by atoms with Crippen LogP contribution in [-0.4, -0.2) is 53.2 Å². The highest BCUT2D eigenvalue weighted by Crippen LogP contribution is 2.31. The predicted molar refractivity (Wildman–Crippen MR) is 76.3 cm³/mol. The molecule has 0 bridgehead atoms. The van der Waals surface area contributed by atoms with E-state index < -0.39 is 5.60 Å². The van der Waals surface area contributed by atoms with E-state index in [1.165, 1.54) is 32.4 Å². The molecule has 0 radical (unpaired) electrons. The minimum Gasteiger partial charge on any atom is -0.444 e. The van der Waals surface area contributed by atoms with E-state index in [1.54, 1.807) is 0 Å². The van der Waals surface area contributed by atoms with Crippen molar-refractivity contribution in [2.24, 2.45) is 0 Å². The lowest BCUT2D eigenvalue weighted by molar-refractivity contribution is -0.00538. The molecular weight excluding hydrogens is 240 g/mol. The van der Waals surface area contributed by atoms with Crippen molar-refractivity contribution < 1.29 is 9.53 Å². The summed E-state index contributed by atoms with van der Waals surface area (Å²) in [5, 5.41) is 0. The van der Waals surface area contributed by atoms with E-state index in [0.29, 0.717) is 0 Å². The lowest BCUT2D eigenvalue weighted by atomic mass is 9.89. The Labute approximate surface area is 117 Å². The number of hydrogen-bond donors (Lipinski definition) is 0. The molecule has 0 aromatic carbocycles. The molecule has 4 heteroatoms. The molecule has 0 aromatic rings. The summed E-state index contributed by atoms with van der Waals surface area (Å²) in [6.45, 7) is 12.1. The Hall–Kier alpha value is -0.770. The topological polar surface area (TPSA) is 32.8 Å². The second kappa shape index (κ2) is 5.31. The zero-order valence-electron chi connectivity index (χ0n) is 12.9. The Morgan fingerprint density at radius 1 is 1.11 bits per heavy atom. The predicted octanol–water partition coefficient (Wildman–Crippen LogP) is 2.87. The molecule has 2 rings (SSSR count). The van der Waals surface area contributed by atoms with Gasteiger partial charge in [-0.15, -0.1) is 0 Å². The third kappa shape index (κ3) is 3.62. The molecule has 2 aliphatic heterocycles. The van der Waals surface area contributed by atoms with E-state index >= 15 is 0 Å². The molecule has 4 nitrogen and oxygen atoms in total. The molecule has 0 aromatic heterocycles. The lowest BCUT2D eigenvalue weighted by Crippen LogP contribution is -2.57. The average Bonchev–Trinajstić information content (AvgIpc) is 2.80. The van der Waals surface area contributed by atoms with Gasteiger partial charge in [-0.05, 0) is 66.5 Å². The number of ether oxygens (including phenoxy) is 1. The lowest BCUT2D eigenvalue weighted by Gasteiger charge is -2.46. The Morgan fingerprint density at radius 2 is 1.74 bits per heavy atom. The second-order valence-corrected chi connectivity index (χ2v) is 7.20. The van der Waals surface area contributed by atoms with E-state index in [1.807, 2.05) is 25.7 Å². The van der Waals surface area contributed by atoms with Crippen molar-refractivity contribution in [1.82, 2.24) is 9.80 Å². The normalized spacial score (nSPS) is 29.6. The summed E-state index contributed by atoms with van der Waals surface area (Å²) in [6.07, 6.45) is 4.69. The number of carbonyl (C=O) groups excluding carboxylic acids is 1. The molecule has 0 saturated carbocycles. The number of rotatable bonds is 1. The van der Waals surface area contributed by atoms with Crippen molar-refractivity contribution >= 4 is 6.09 Å². The molecule has 1 unspecified atom stereocenters. The van der Waals surface area contributed by atoms with Gasteiger partial charge >= 0.3 is 6.09 Å². The second-order valence-electron chi connectivity index (χ2n) is 7.20. The fraction of sp³-hybridized carbons (Fsp3) is 0.933. The maximum Gasteiger partial charge on any atom is 0.410 e. The van der Waals surface area contributed by atoms with E-state index in [4.69, 9.17) is 4.74 Å². The molecule has 1 atom stereocenters. The van der Waals surface area contributed by atoms with Crippen LogP contribution in [0, 0.1) is 0 Å². The van der Waals surface area contributed by atoms with Crippen molar-refractivity contribution in [2.75, 3.05) is 26.2 Å². The summed E-state index contributed by atoms with van der Waals surface area (Å²) >= 11 is 0. The summed E-state index contributed by atoms with van der Waals surface area (Å²) in [5.74, 6) is 0. The molecule has 110 valence electrons. The zero-order valence-corrected chi connectivity index (χ0v) is 12.9. The number of carbonyl (C=O) groups is 1. The smallest absolute Gasteiger partial charge is 0.410 e. The van der Waals surface area contributed by atoms with Crippen molar-refractivity contribution in [2.45, 2.75) is 64.5 Å².